The number of aromatic hydroxyl groups is 1. The molecule has 0 aliphatic heterocycles. The van der Waals surface area contributed by atoms with Gasteiger partial charge in [-0.05, 0) is 6.07 Å². The largest absolute Gasteiger partial charge is 0.506 e. The van der Waals surface area contributed by atoms with E-state index in [-0.39, 0.29) is 16.5 Å². The molecule has 0 aliphatic rings. The van der Waals surface area contributed by atoms with Gasteiger partial charge in [0.05, 0.1) is 10.7 Å². The van der Waals surface area contributed by atoms with Crippen LogP contribution in [0, 0.1) is 5.82 Å². The highest BCUT2D eigenvalue weighted by atomic mass is 35.5. The minimum atomic E-state index is -4.67. The van der Waals surface area contributed by atoms with Crippen molar-refractivity contribution in [1.29, 1.82) is 0 Å². The fourth-order valence-corrected chi connectivity index (χ4v) is 0.799. The molecule has 7 nitrogen and oxygen atoms in total. The molecule has 16 heavy (non-hydrogen) atoms. The molecule has 0 unspecified atom stereocenters. The first-order valence-electron chi connectivity index (χ1n) is 3.49. The van der Waals surface area contributed by atoms with E-state index in [1.807, 2.05) is 0 Å². The standard InChI is InChI=1S/C6H6ClFN2O.H2O4S/c7-3-1-4(8)5(10-9)2-6(3)11;1-5(2,3)4/h1-2,10-11H,9H2;(H2,1,2,3,4). The molecule has 0 atom stereocenters. The fourth-order valence-electron chi connectivity index (χ4n) is 0.648. The van der Waals surface area contributed by atoms with Crippen LogP contribution < -0.4 is 11.3 Å². The van der Waals surface area contributed by atoms with Crippen LogP contribution in [0.15, 0.2) is 12.1 Å². The predicted molar refractivity (Wildman–Crippen MR) is 55.1 cm³/mol. The number of hydrogen-bond acceptors (Lipinski definition) is 5. The summed E-state index contributed by atoms with van der Waals surface area (Å²) in [7, 11) is -4.67. The third kappa shape index (κ3) is 6.37. The van der Waals surface area contributed by atoms with Gasteiger partial charge in [0, 0.05) is 6.07 Å². The van der Waals surface area contributed by atoms with Crippen molar-refractivity contribution in [2.75, 3.05) is 5.43 Å². The van der Waals surface area contributed by atoms with Gasteiger partial charge < -0.3 is 10.5 Å². The van der Waals surface area contributed by atoms with Crippen molar-refractivity contribution >= 4 is 27.7 Å². The van der Waals surface area contributed by atoms with Crippen LogP contribution in [-0.2, 0) is 10.4 Å². The molecule has 0 radical (unpaired) electrons. The van der Waals surface area contributed by atoms with Crippen LogP contribution in [0.2, 0.25) is 5.02 Å². The fraction of sp³-hybridized carbons (Fsp3) is 0. The number of nitrogen functional groups attached to an aromatic ring is 1. The Kier molecular flexibility index (Phi) is 5.41. The molecule has 0 aliphatic carbocycles. The average Bonchev–Trinajstić information content (AvgIpc) is 2.08. The molecule has 1 aromatic carbocycles. The first-order chi connectivity index (χ1) is 7.15. The van der Waals surface area contributed by atoms with Gasteiger partial charge in [-0.15, -0.1) is 0 Å². The van der Waals surface area contributed by atoms with Crippen molar-refractivity contribution in [1.82, 2.24) is 0 Å². The van der Waals surface area contributed by atoms with Gasteiger partial charge in [-0.1, -0.05) is 11.6 Å². The zero-order chi connectivity index (χ0) is 12.9. The predicted octanol–water partition coefficient (Wildman–Crippen LogP) is 0.818. The van der Waals surface area contributed by atoms with Crippen molar-refractivity contribution in [3.05, 3.63) is 23.0 Å². The summed E-state index contributed by atoms with van der Waals surface area (Å²) in [6, 6.07) is 2.09. The van der Waals surface area contributed by atoms with E-state index in [9.17, 15) is 4.39 Å². The lowest BCUT2D eigenvalue weighted by atomic mass is 10.3. The molecular weight excluding hydrogens is 267 g/mol. The van der Waals surface area contributed by atoms with Gasteiger partial charge in [0.1, 0.15) is 11.6 Å². The van der Waals surface area contributed by atoms with E-state index in [1.165, 1.54) is 0 Å². The second-order valence-electron chi connectivity index (χ2n) is 2.38. The molecule has 0 saturated heterocycles. The van der Waals surface area contributed by atoms with Crippen LogP contribution in [-0.4, -0.2) is 22.6 Å². The topological polar surface area (TPSA) is 133 Å². The molecule has 0 bridgehead atoms. The van der Waals surface area contributed by atoms with Gasteiger partial charge in [0.2, 0.25) is 0 Å². The molecular formula is C6H8ClFN2O5S. The maximum atomic E-state index is 12.7. The molecule has 0 spiro atoms. The quantitative estimate of drug-likeness (QED) is 0.291. The van der Waals surface area contributed by atoms with Gasteiger partial charge in [0.25, 0.3) is 0 Å². The molecule has 1 rings (SSSR count). The monoisotopic (exact) mass is 274 g/mol. The second-order valence-corrected chi connectivity index (χ2v) is 3.68. The lowest BCUT2D eigenvalue weighted by molar-refractivity contribution is 0.381. The van der Waals surface area contributed by atoms with Gasteiger partial charge >= 0.3 is 10.4 Å². The molecule has 1 aromatic rings. The average molecular weight is 275 g/mol. The van der Waals surface area contributed by atoms with Crippen molar-refractivity contribution in [3.8, 4) is 5.75 Å². The molecule has 0 saturated carbocycles. The number of benzene rings is 1. The van der Waals surface area contributed by atoms with E-state index < -0.39 is 16.2 Å². The molecule has 0 heterocycles. The molecule has 10 heteroatoms. The molecule has 6 N–H and O–H groups in total. The van der Waals surface area contributed by atoms with Crippen LogP contribution in [0.3, 0.4) is 0 Å². The van der Waals surface area contributed by atoms with Gasteiger partial charge in [-0.2, -0.15) is 8.42 Å². The highest BCUT2D eigenvalue weighted by Crippen LogP contribution is 2.28. The number of nitrogens with one attached hydrogen (secondary N) is 1. The van der Waals surface area contributed by atoms with Crippen LogP contribution in [0.5, 0.6) is 5.75 Å². The molecule has 0 amide bonds. The van der Waals surface area contributed by atoms with E-state index in [1.54, 1.807) is 0 Å². The van der Waals surface area contributed by atoms with Crippen molar-refractivity contribution in [3.63, 3.8) is 0 Å². The lowest BCUT2D eigenvalue weighted by Gasteiger charge is -2.02. The minimum absolute atomic E-state index is 0.00639. The Bertz CT molecular complexity index is 458. The first kappa shape index (κ1) is 14.9. The van der Waals surface area contributed by atoms with E-state index >= 15 is 0 Å². The molecule has 0 aromatic heterocycles. The summed E-state index contributed by atoms with van der Waals surface area (Å²) in [5, 5.41) is 8.92. The van der Waals surface area contributed by atoms with Crippen LogP contribution >= 0.6 is 11.6 Å². The van der Waals surface area contributed by atoms with Crippen LogP contribution in [0.4, 0.5) is 10.1 Å². The Hall–Kier alpha value is -1.13. The Morgan fingerprint density at radius 1 is 1.38 bits per heavy atom. The normalized spacial score (nSPS) is 10.3. The molecule has 0 fully saturated rings. The molecule has 92 valence electrons. The van der Waals surface area contributed by atoms with Crippen molar-refractivity contribution < 1.29 is 27.0 Å². The Morgan fingerprint density at radius 2 is 1.81 bits per heavy atom. The zero-order valence-electron chi connectivity index (χ0n) is 7.55. The highest BCUT2D eigenvalue weighted by Gasteiger charge is 2.05. The van der Waals surface area contributed by atoms with Gasteiger partial charge in [-0.3, -0.25) is 14.9 Å². The highest BCUT2D eigenvalue weighted by molar-refractivity contribution is 7.79. The number of phenolic OH excluding ortho intramolecular Hbond substituents is 1. The Morgan fingerprint density at radius 3 is 2.19 bits per heavy atom. The first-order valence-corrected chi connectivity index (χ1v) is 5.27. The Balaban J connectivity index is 0.000000385. The number of halogens is 2. The summed E-state index contributed by atoms with van der Waals surface area (Å²) < 4.78 is 44.3. The summed E-state index contributed by atoms with van der Waals surface area (Å²) in [5.41, 5.74) is 2.08. The van der Waals surface area contributed by atoms with Gasteiger partial charge in [0.15, 0.2) is 0 Å². The number of nitrogens with two attached hydrogens (primary N) is 1. The maximum Gasteiger partial charge on any atom is 0.394 e. The summed E-state index contributed by atoms with van der Waals surface area (Å²) >= 11 is 5.38. The second kappa shape index (κ2) is 5.82. The van der Waals surface area contributed by atoms with E-state index in [0.717, 1.165) is 12.1 Å². The zero-order valence-corrected chi connectivity index (χ0v) is 9.13. The SMILES string of the molecule is NNc1cc(O)c(Cl)cc1F.O=S(=O)(O)O. The lowest BCUT2D eigenvalue weighted by Crippen LogP contribution is -2.08. The van der Waals surface area contributed by atoms with E-state index in [0.29, 0.717) is 0 Å². The van der Waals surface area contributed by atoms with Crippen LogP contribution in [0.1, 0.15) is 0 Å². The summed E-state index contributed by atoms with van der Waals surface area (Å²) in [6.07, 6.45) is 0. The minimum Gasteiger partial charge on any atom is -0.506 e. The number of hydrogen-bond donors (Lipinski definition) is 5. The van der Waals surface area contributed by atoms with E-state index in [2.05, 4.69) is 5.43 Å². The number of rotatable bonds is 1. The number of hydrazine groups is 1. The summed E-state index contributed by atoms with van der Waals surface area (Å²) in [4.78, 5) is 0. The van der Waals surface area contributed by atoms with Crippen molar-refractivity contribution in [2.45, 2.75) is 0 Å². The number of anilines is 1. The Labute approximate surface area is 95.2 Å². The smallest absolute Gasteiger partial charge is 0.394 e. The maximum absolute atomic E-state index is 12.7. The third-order valence-electron chi connectivity index (χ3n) is 1.19. The number of phenols is 1. The summed E-state index contributed by atoms with van der Waals surface area (Å²) in [5.74, 6) is 4.12. The van der Waals surface area contributed by atoms with Crippen molar-refractivity contribution in [2.24, 2.45) is 5.84 Å². The summed E-state index contributed by atoms with van der Waals surface area (Å²) in [6.45, 7) is 0. The third-order valence-corrected chi connectivity index (χ3v) is 1.49. The van der Waals surface area contributed by atoms with E-state index in [4.69, 9.17) is 40.1 Å². The van der Waals surface area contributed by atoms with Gasteiger partial charge in [-0.25, -0.2) is 4.39 Å². The van der Waals surface area contributed by atoms with Crippen LogP contribution in [0.25, 0.3) is 0 Å².